The minimum Gasteiger partial charge on any atom is -0.326 e. The van der Waals surface area contributed by atoms with Gasteiger partial charge in [0.2, 0.25) is 5.91 Å². The van der Waals surface area contributed by atoms with E-state index in [1.54, 1.807) is 12.1 Å². The molecular weight excluding hydrogens is 393 g/mol. The number of nitrogens with one attached hydrogen (secondary N) is 1. The summed E-state index contributed by atoms with van der Waals surface area (Å²) in [7, 11) is 0. The molecular formula is C17H11BrFN3OS. The second kappa shape index (κ2) is 5.99. The van der Waals surface area contributed by atoms with Gasteiger partial charge < -0.3 is 5.32 Å². The largest absolute Gasteiger partial charge is 0.326 e. The highest BCUT2D eigenvalue weighted by Crippen LogP contribution is 2.24. The molecule has 0 saturated heterocycles. The maximum atomic E-state index is 13.5. The molecule has 0 bridgehead atoms. The number of carbonyl (C=O) groups is 1. The van der Waals surface area contributed by atoms with Crippen LogP contribution in [0.5, 0.6) is 0 Å². The first kappa shape index (κ1) is 15.3. The predicted octanol–water partition coefficient (Wildman–Crippen LogP) is 4.63. The Hall–Kier alpha value is -2.25. The molecule has 1 N–H and O–H groups in total. The number of aromatic nitrogens is 2. The van der Waals surface area contributed by atoms with Crippen LogP contribution in [0.1, 0.15) is 5.69 Å². The molecule has 0 aliphatic carbocycles. The number of thiazole rings is 1. The van der Waals surface area contributed by atoms with Crippen molar-refractivity contribution in [2.75, 3.05) is 5.32 Å². The monoisotopic (exact) mass is 403 g/mol. The lowest BCUT2D eigenvalue weighted by atomic mass is 10.2. The van der Waals surface area contributed by atoms with Gasteiger partial charge in [-0.25, -0.2) is 9.37 Å². The van der Waals surface area contributed by atoms with Gasteiger partial charge in [-0.1, -0.05) is 12.1 Å². The number of hydrogen-bond donors (Lipinski definition) is 1. The molecule has 24 heavy (non-hydrogen) atoms. The number of carbonyl (C=O) groups excluding carboxylic acids is 1. The lowest BCUT2D eigenvalue weighted by Gasteiger charge is -2.06. The van der Waals surface area contributed by atoms with Crippen LogP contribution >= 0.6 is 27.3 Å². The van der Waals surface area contributed by atoms with Crippen LogP contribution in [0.3, 0.4) is 0 Å². The van der Waals surface area contributed by atoms with Gasteiger partial charge in [0.05, 0.1) is 21.9 Å². The van der Waals surface area contributed by atoms with E-state index in [4.69, 9.17) is 0 Å². The average molecular weight is 404 g/mol. The van der Waals surface area contributed by atoms with Gasteiger partial charge in [-0.2, -0.15) is 0 Å². The number of nitrogens with zero attached hydrogens (tertiary/aromatic N) is 2. The zero-order valence-electron chi connectivity index (χ0n) is 12.3. The number of imidazole rings is 1. The van der Waals surface area contributed by atoms with Crippen LogP contribution in [0.2, 0.25) is 0 Å². The molecule has 0 atom stereocenters. The van der Waals surface area contributed by atoms with Gasteiger partial charge in [0, 0.05) is 16.8 Å². The second-order valence-electron chi connectivity index (χ2n) is 5.30. The van der Waals surface area contributed by atoms with Crippen molar-refractivity contribution in [2.24, 2.45) is 0 Å². The Bertz CT molecular complexity index is 1070. The van der Waals surface area contributed by atoms with Crippen molar-refractivity contribution in [3.05, 3.63) is 63.8 Å². The highest BCUT2D eigenvalue weighted by Gasteiger charge is 2.13. The van der Waals surface area contributed by atoms with Crippen LogP contribution in [0.15, 0.2) is 52.3 Å². The number of rotatable bonds is 3. The first-order chi connectivity index (χ1) is 11.6. The van der Waals surface area contributed by atoms with Crippen molar-refractivity contribution in [2.45, 2.75) is 6.42 Å². The van der Waals surface area contributed by atoms with E-state index in [2.05, 4.69) is 26.2 Å². The Labute approximate surface area is 149 Å². The summed E-state index contributed by atoms with van der Waals surface area (Å²) in [6.07, 6.45) is 0.192. The number of anilines is 1. The maximum absolute atomic E-state index is 13.5. The van der Waals surface area contributed by atoms with Crippen molar-refractivity contribution < 1.29 is 9.18 Å². The van der Waals surface area contributed by atoms with Crippen LogP contribution in [0, 0.1) is 5.82 Å². The maximum Gasteiger partial charge on any atom is 0.230 e. The van der Waals surface area contributed by atoms with Crippen LogP contribution in [-0.2, 0) is 11.2 Å². The molecule has 2 aromatic carbocycles. The minimum absolute atomic E-state index is 0.192. The zero-order valence-corrected chi connectivity index (χ0v) is 14.7. The van der Waals surface area contributed by atoms with Gasteiger partial charge in [0.1, 0.15) is 5.82 Å². The van der Waals surface area contributed by atoms with Crippen molar-refractivity contribution in [1.29, 1.82) is 0 Å². The number of amides is 1. The normalized spacial score (nSPS) is 11.2. The minimum atomic E-state index is -0.411. The van der Waals surface area contributed by atoms with Crippen LogP contribution in [0.25, 0.3) is 16.0 Å². The summed E-state index contributed by atoms with van der Waals surface area (Å²) in [6.45, 7) is 0. The highest BCUT2D eigenvalue weighted by atomic mass is 79.9. The van der Waals surface area contributed by atoms with E-state index in [1.807, 2.05) is 34.0 Å². The fraction of sp³-hybridized carbons (Fsp3) is 0.0588. The first-order valence-electron chi connectivity index (χ1n) is 7.20. The molecule has 0 saturated carbocycles. The fourth-order valence-electron chi connectivity index (χ4n) is 2.60. The van der Waals surface area contributed by atoms with Crippen LogP contribution in [0.4, 0.5) is 10.1 Å². The molecule has 7 heteroatoms. The number of halogens is 2. The van der Waals surface area contributed by atoms with E-state index in [9.17, 15) is 9.18 Å². The Morgan fingerprint density at radius 2 is 2.12 bits per heavy atom. The van der Waals surface area contributed by atoms with E-state index < -0.39 is 5.82 Å². The number of fused-ring (bicyclic) bond motifs is 3. The van der Waals surface area contributed by atoms with Crippen LogP contribution < -0.4 is 5.32 Å². The third kappa shape index (κ3) is 2.70. The number of para-hydroxylation sites is 2. The summed E-state index contributed by atoms with van der Waals surface area (Å²) in [5.41, 5.74) is 3.17. The SMILES string of the molecule is O=C(Cc1csc2nc3ccccc3n12)Nc1ccc(Br)c(F)c1. The molecule has 0 spiro atoms. The van der Waals surface area contributed by atoms with Gasteiger partial charge in [-0.05, 0) is 46.3 Å². The Morgan fingerprint density at radius 3 is 2.96 bits per heavy atom. The van der Waals surface area contributed by atoms with Gasteiger partial charge in [-0.15, -0.1) is 11.3 Å². The van der Waals surface area contributed by atoms with E-state index in [0.717, 1.165) is 21.7 Å². The zero-order chi connectivity index (χ0) is 16.7. The lowest BCUT2D eigenvalue weighted by Crippen LogP contribution is -2.15. The molecule has 4 nitrogen and oxygen atoms in total. The molecule has 1 amide bonds. The van der Waals surface area contributed by atoms with Crippen LogP contribution in [-0.4, -0.2) is 15.3 Å². The fourth-order valence-corrected chi connectivity index (χ4v) is 3.75. The topological polar surface area (TPSA) is 46.4 Å². The quantitative estimate of drug-likeness (QED) is 0.541. The summed E-state index contributed by atoms with van der Waals surface area (Å²) >= 11 is 4.59. The second-order valence-corrected chi connectivity index (χ2v) is 6.99. The van der Waals surface area contributed by atoms with Gasteiger partial charge >= 0.3 is 0 Å². The van der Waals surface area contributed by atoms with Crippen molar-refractivity contribution >= 4 is 54.9 Å². The van der Waals surface area contributed by atoms with Gasteiger partial charge in [0.25, 0.3) is 0 Å². The summed E-state index contributed by atoms with van der Waals surface area (Å²) in [4.78, 5) is 17.7. The standard InChI is InChI=1S/C17H11BrFN3OS/c18-12-6-5-10(7-13(12)19)20-16(23)8-11-9-24-17-21-14-3-1-2-4-15(14)22(11)17/h1-7,9H,8H2,(H,20,23). The van der Waals surface area contributed by atoms with E-state index in [1.165, 1.54) is 17.4 Å². The van der Waals surface area contributed by atoms with E-state index in [0.29, 0.717) is 10.2 Å². The summed E-state index contributed by atoms with van der Waals surface area (Å²) in [6, 6.07) is 12.3. The molecule has 0 unspecified atom stereocenters. The number of hydrogen-bond acceptors (Lipinski definition) is 3. The van der Waals surface area contributed by atoms with Crippen molar-refractivity contribution in [1.82, 2.24) is 9.38 Å². The van der Waals surface area contributed by atoms with Crippen molar-refractivity contribution in [3.8, 4) is 0 Å². The molecule has 0 aliphatic heterocycles. The van der Waals surface area contributed by atoms with Gasteiger partial charge in [-0.3, -0.25) is 9.20 Å². The number of benzene rings is 2. The Kier molecular flexibility index (Phi) is 3.82. The predicted molar refractivity (Wildman–Crippen MR) is 97.0 cm³/mol. The van der Waals surface area contributed by atoms with Crippen molar-refractivity contribution in [3.63, 3.8) is 0 Å². The molecule has 120 valence electrons. The Balaban J connectivity index is 1.61. The summed E-state index contributed by atoms with van der Waals surface area (Å²) in [5.74, 6) is -0.611. The molecule has 0 aliphatic rings. The first-order valence-corrected chi connectivity index (χ1v) is 8.87. The third-order valence-electron chi connectivity index (χ3n) is 3.66. The lowest BCUT2D eigenvalue weighted by molar-refractivity contribution is -0.115. The molecule has 0 fully saturated rings. The summed E-state index contributed by atoms with van der Waals surface area (Å²) in [5, 5.41) is 4.65. The molecule has 4 rings (SSSR count). The molecule has 2 aromatic heterocycles. The molecule has 4 aromatic rings. The molecule has 2 heterocycles. The highest BCUT2D eigenvalue weighted by molar-refractivity contribution is 9.10. The van der Waals surface area contributed by atoms with Gasteiger partial charge in [0.15, 0.2) is 4.96 Å². The smallest absolute Gasteiger partial charge is 0.230 e. The Morgan fingerprint density at radius 1 is 1.29 bits per heavy atom. The van der Waals surface area contributed by atoms with E-state index in [-0.39, 0.29) is 12.3 Å². The molecule has 0 radical (unpaired) electrons. The third-order valence-corrected chi connectivity index (χ3v) is 5.18. The summed E-state index contributed by atoms with van der Waals surface area (Å²) < 4.78 is 15.9. The average Bonchev–Trinajstić information content (AvgIpc) is 3.11. The van der Waals surface area contributed by atoms with E-state index >= 15 is 0 Å².